The second-order valence-electron chi connectivity index (χ2n) is 21.5. The Morgan fingerprint density at radius 1 is 0.493 bits per heavy atom. The molecule has 0 aliphatic carbocycles. The van der Waals surface area contributed by atoms with E-state index in [-0.39, 0.29) is 25.1 Å². The Bertz CT molecular complexity index is 1240. The van der Waals surface area contributed by atoms with Crippen LogP contribution in [0, 0.1) is 0 Å². The van der Waals surface area contributed by atoms with E-state index >= 15 is 0 Å². The molecule has 0 heterocycles. The first-order chi connectivity index (χ1) is 33.4. The number of nitrogens with one attached hydrogen (secondary N) is 1. The summed E-state index contributed by atoms with van der Waals surface area (Å²) in [6.45, 7) is 7.02. The lowest BCUT2D eigenvalue weighted by Gasteiger charge is -2.27. The number of unbranched alkanes of at least 4 members (excludes halogenated alkanes) is 36. The Morgan fingerprint density at radius 2 is 0.841 bits per heavy atom. The van der Waals surface area contributed by atoms with E-state index in [4.69, 9.17) is 13.8 Å². The standard InChI is InChI=1S/C59H115N2O7P/c1-7-10-13-16-19-22-25-27-29-30-32-33-36-39-42-45-48-51-58(62)60-56(55-67-69(64,65)66-54-53-61(4,5)6)57(50-47-44-41-38-35-24-21-18-15-12-9-3)68-59(63)52-49-46-43-40-37-34-31-28-26-23-20-17-14-11-8-2/h23,26,47,50,56-57H,7-22,24-25,27-46,48-49,51-55H2,1-6H3,(H-,60,62,64,65)/p+1/b26-23-,50-47+. The molecule has 1 amide bonds. The third kappa shape index (κ3) is 51.2. The summed E-state index contributed by atoms with van der Waals surface area (Å²) in [6.07, 6.45) is 57.4. The quantitative estimate of drug-likeness (QED) is 0.0205. The van der Waals surface area contributed by atoms with Crippen molar-refractivity contribution in [1.29, 1.82) is 0 Å². The maximum absolute atomic E-state index is 13.5. The summed E-state index contributed by atoms with van der Waals surface area (Å²) in [5.74, 6) is -0.497. The summed E-state index contributed by atoms with van der Waals surface area (Å²) in [6, 6.07) is -0.843. The predicted octanol–water partition coefficient (Wildman–Crippen LogP) is 17.8. The van der Waals surface area contributed by atoms with Crippen LogP contribution >= 0.6 is 7.82 Å². The van der Waals surface area contributed by atoms with Gasteiger partial charge in [-0.1, -0.05) is 244 Å². The van der Waals surface area contributed by atoms with Gasteiger partial charge in [-0.2, -0.15) is 0 Å². The predicted molar refractivity (Wildman–Crippen MR) is 296 cm³/mol. The maximum Gasteiger partial charge on any atom is 0.472 e. The van der Waals surface area contributed by atoms with Gasteiger partial charge in [-0.05, 0) is 57.4 Å². The van der Waals surface area contributed by atoms with Gasteiger partial charge < -0.3 is 19.4 Å². The van der Waals surface area contributed by atoms with Gasteiger partial charge in [0.2, 0.25) is 5.91 Å². The highest BCUT2D eigenvalue weighted by Gasteiger charge is 2.30. The number of esters is 1. The van der Waals surface area contributed by atoms with Crippen LogP contribution < -0.4 is 5.32 Å². The molecule has 0 saturated carbocycles. The second-order valence-corrected chi connectivity index (χ2v) is 23.0. The van der Waals surface area contributed by atoms with Crippen LogP contribution in [0.3, 0.4) is 0 Å². The normalized spacial score (nSPS) is 13.9. The van der Waals surface area contributed by atoms with Crippen LogP contribution in [0.25, 0.3) is 0 Å². The van der Waals surface area contributed by atoms with E-state index < -0.39 is 20.0 Å². The minimum absolute atomic E-state index is 0.0429. The monoisotopic (exact) mass is 996 g/mol. The van der Waals surface area contributed by atoms with Gasteiger partial charge >= 0.3 is 13.8 Å². The molecule has 0 spiro atoms. The van der Waals surface area contributed by atoms with Gasteiger partial charge in [0, 0.05) is 12.8 Å². The molecule has 0 radical (unpaired) electrons. The van der Waals surface area contributed by atoms with Crippen molar-refractivity contribution in [3.63, 3.8) is 0 Å². The molecule has 0 aliphatic rings. The van der Waals surface area contributed by atoms with E-state index in [2.05, 4.69) is 38.2 Å². The fourth-order valence-electron chi connectivity index (χ4n) is 8.76. The third-order valence-corrected chi connectivity index (χ3v) is 14.4. The molecule has 9 nitrogen and oxygen atoms in total. The van der Waals surface area contributed by atoms with E-state index in [1.165, 1.54) is 199 Å². The van der Waals surface area contributed by atoms with Crippen LogP contribution in [0.1, 0.15) is 290 Å². The van der Waals surface area contributed by atoms with Gasteiger partial charge in [0.15, 0.2) is 0 Å². The summed E-state index contributed by atoms with van der Waals surface area (Å²) >= 11 is 0. The summed E-state index contributed by atoms with van der Waals surface area (Å²) in [5, 5.41) is 3.05. The largest absolute Gasteiger partial charge is 0.472 e. The molecule has 3 unspecified atom stereocenters. The molecule has 0 aromatic heterocycles. The van der Waals surface area contributed by atoms with E-state index in [1.807, 2.05) is 33.3 Å². The van der Waals surface area contributed by atoms with Crippen LogP contribution in [0.15, 0.2) is 24.3 Å². The number of nitrogens with zero attached hydrogens (tertiary/aromatic N) is 1. The smallest absolute Gasteiger partial charge is 0.456 e. The van der Waals surface area contributed by atoms with E-state index in [9.17, 15) is 19.0 Å². The summed E-state index contributed by atoms with van der Waals surface area (Å²) < 4.78 is 30.6. The van der Waals surface area contributed by atoms with E-state index in [0.717, 1.165) is 57.8 Å². The summed E-state index contributed by atoms with van der Waals surface area (Å²) in [4.78, 5) is 37.6. The molecule has 69 heavy (non-hydrogen) atoms. The van der Waals surface area contributed by atoms with Gasteiger partial charge in [0.05, 0.1) is 33.8 Å². The Morgan fingerprint density at radius 3 is 1.25 bits per heavy atom. The van der Waals surface area contributed by atoms with Crippen LogP contribution in [0.5, 0.6) is 0 Å². The zero-order valence-corrected chi connectivity index (χ0v) is 47.5. The Hall–Kier alpha value is -1.51. The molecule has 0 bridgehead atoms. The van der Waals surface area contributed by atoms with Crippen molar-refractivity contribution in [2.45, 2.75) is 303 Å². The molecule has 2 N–H and O–H groups in total. The average Bonchev–Trinajstić information content (AvgIpc) is 3.31. The first-order valence-corrected chi connectivity index (χ1v) is 31.2. The highest BCUT2D eigenvalue weighted by atomic mass is 31.2. The minimum Gasteiger partial charge on any atom is -0.456 e. The maximum atomic E-state index is 13.5. The Kier molecular flexibility index (Phi) is 48.9. The highest BCUT2D eigenvalue weighted by molar-refractivity contribution is 7.47. The lowest BCUT2D eigenvalue weighted by Crippen LogP contribution is -2.47. The molecule has 0 aromatic rings. The molecule has 408 valence electrons. The molecular weight excluding hydrogens is 880 g/mol. The van der Waals surface area contributed by atoms with Crippen molar-refractivity contribution >= 4 is 19.7 Å². The van der Waals surface area contributed by atoms with Crippen molar-refractivity contribution in [2.75, 3.05) is 40.9 Å². The molecule has 0 rings (SSSR count). The topological polar surface area (TPSA) is 111 Å². The molecule has 10 heteroatoms. The minimum atomic E-state index is -4.44. The number of hydrogen-bond acceptors (Lipinski definition) is 6. The SMILES string of the molecule is CCCCCC/C=C\CCCCCCCCCC(=O)OC(/C=C/CCCCCCCCCCC)C(COP(=O)(O)OCC[N+](C)(C)C)NC(=O)CCCCCCCCCCCCCCCCCCC. The number of rotatable bonds is 54. The number of amides is 1. The van der Waals surface area contributed by atoms with E-state index in [1.54, 1.807) is 0 Å². The first kappa shape index (κ1) is 67.5. The number of phosphoric acid groups is 1. The summed E-state index contributed by atoms with van der Waals surface area (Å²) in [7, 11) is 1.51. The zero-order valence-electron chi connectivity index (χ0n) is 46.6. The van der Waals surface area contributed by atoms with Crippen LogP contribution in [0.2, 0.25) is 0 Å². The zero-order chi connectivity index (χ0) is 50.8. The van der Waals surface area contributed by atoms with Gasteiger partial charge in [-0.25, -0.2) is 4.57 Å². The Labute approximate surface area is 428 Å². The Balaban J connectivity index is 5.26. The molecule has 0 saturated heterocycles. The van der Waals surface area contributed by atoms with Gasteiger partial charge in [-0.3, -0.25) is 18.6 Å². The molecule has 3 atom stereocenters. The van der Waals surface area contributed by atoms with Crippen molar-refractivity contribution in [3.05, 3.63) is 24.3 Å². The number of quaternary nitrogens is 1. The molecule has 0 aliphatic heterocycles. The summed E-state index contributed by atoms with van der Waals surface area (Å²) in [5.41, 5.74) is 0. The van der Waals surface area contributed by atoms with Crippen molar-refractivity contribution in [2.24, 2.45) is 0 Å². The van der Waals surface area contributed by atoms with Crippen molar-refractivity contribution in [3.8, 4) is 0 Å². The first-order valence-electron chi connectivity index (χ1n) is 29.7. The molecule has 0 aromatic carbocycles. The number of ether oxygens (including phenoxy) is 1. The number of carbonyl (C=O) groups is 2. The lowest BCUT2D eigenvalue weighted by molar-refractivity contribution is -0.870. The van der Waals surface area contributed by atoms with Crippen molar-refractivity contribution < 1.29 is 37.3 Å². The number of carbonyl (C=O) groups excluding carboxylic acids is 2. The average molecular weight is 997 g/mol. The van der Waals surface area contributed by atoms with Crippen molar-refractivity contribution in [1.82, 2.24) is 5.32 Å². The van der Waals surface area contributed by atoms with Gasteiger partial charge in [0.25, 0.3) is 0 Å². The number of likely N-dealkylation sites (N-methyl/N-ethyl adjacent to an activating group) is 1. The van der Waals surface area contributed by atoms with Crippen LogP contribution in [-0.2, 0) is 27.9 Å². The lowest BCUT2D eigenvalue weighted by atomic mass is 10.0. The fourth-order valence-corrected chi connectivity index (χ4v) is 9.50. The number of hydrogen-bond donors (Lipinski definition) is 2. The second kappa shape index (κ2) is 50.0. The van der Waals surface area contributed by atoms with Crippen LogP contribution in [0.4, 0.5) is 0 Å². The highest BCUT2D eigenvalue weighted by Crippen LogP contribution is 2.43. The number of phosphoric ester groups is 1. The van der Waals surface area contributed by atoms with Gasteiger partial charge in [0.1, 0.15) is 19.3 Å². The fraction of sp³-hybridized carbons (Fsp3) is 0.898. The van der Waals surface area contributed by atoms with Crippen LogP contribution in [-0.4, -0.2) is 74.3 Å². The van der Waals surface area contributed by atoms with E-state index in [0.29, 0.717) is 23.9 Å². The molecule has 0 fully saturated rings. The number of allylic oxidation sites excluding steroid dienone is 3. The third-order valence-electron chi connectivity index (χ3n) is 13.4. The van der Waals surface area contributed by atoms with Gasteiger partial charge in [-0.15, -0.1) is 0 Å². The molecular formula is C59H116N2O7P+.